The lowest BCUT2D eigenvalue weighted by molar-refractivity contribution is -0.121. The summed E-state index contributed by atoms with van der Waals surface area (Å²) in [7, 11) is 0. The molecule has 1 heterocycles. The molecule has 0 fully saturated rings. The minimum absolute atomic E-state index is 0.100. The Labute approximate surface area is 146 Å². The van der Waals surface area contributed by atoms with Gasteiger partial charge in [-0.25, -0.2) is 9.37 Å². The van der Waals surface area contributed by atoms with Gasteiger partial charge < -0.3 is 10.3 Å². The highest BCUT2D eigenvalue weighted by atomic mass is 19.1. The van der Waals surface area contributed by atoms with Gasteiger partial charge in [-0.2, -0.15) is 0 Å². The zero-order chi connectivity index (χ0) is 17.5. The fourth-order valence-electron chi connectivity index (χ4n) is 2.87. The van der Waals surface area contributed by atoms with Crippen molar-refractivity contribution < 1.29 is 9.18 Å². The van der Waals surface area contributed by atoms with E-state index in [1.807, 2.05) is 30.3 Å². The molecule has 25 heavy (non-hydrogen) atoms. The van der Waals surface area contributed by atoms with Crippen molar-refractivity contribution >= 4 is 5.91 Å². The third-order valence-electron chi connectivity index (χ3n) is 4.14. The number of aromatic amines is 1. The summed E-state index contributed by atoms with van der Waals surface area (Å²) < 4.78 is 14.3. The lowest BCUT2D eigenvalue weighted by atomic mass is 9.88. The minimum Gasteiger partial charge on any atom is -0.356 e. The van der Waals surface area contributed by atoms with Crippen LogP contribution in [0.1, 0.15) is 29.2 Å². The van der Waals surface area contributed by atoms with Crippen molar-refractivity contribution in [1.82, 2.24) is 15.3 Å². The first-order valence-electron chi connectivity index (χ1n) is 8.27. The first-order chi connectivity index (χ1) is 12.2. The van der Waals surface area contributed by atoms with Gasteiger partial charge in [0.05, 0.1) is 6.33 Å². The molecule has 2 aromatic carbocycles. The normalized spacial score (nSPS) is 11.9. The zero-order valence-electron chi connectivity index (χ0n) is 13.8. The average Bonchev–Trinajstić information content (AvgIpc) is 3.15. The monoisotopic (exact) mass is 337 g/mol. The minimum atomic E-state index is -0.311. The molecule has 0 saturated carbocycles. The number of aromatic nitrogens is 2. The van der Waals surface area contributed by atoms with Crippen LogP contribution >= 0.6 is 0 Å². The standard InChI is InChI=1S/C20H20FN3O/c21-19-9-5-4-8-17(19)18(15-6-2-1-3-7-15)12-20(25)23-11-10-16-13-22-14-24-16/h1-9,13-14,18H,10-12H2,(H,22,24)(H,23,25)/t18-/m0/s1. The van der Waals surface area contributed by atoms with Crippen LogP contribution in [-0.2, 0) is 11.2 Å². The van der Waals surface area contributed by atoms with Crippen molar-refractivity contribution in [2.75, 3.05) is 6.54 Å². The lowest BCUT2D eigenvalue weighted by Gasteiger charge is -2.18. The first-order valence-corrected chi connectivity index (χ1v) is 8.27. The molecule has 0 bridgehead atoms. The molecule has 0 saturated heterocycles. The SMILES string of the molecule is O=C(C[C@@H](c1ccccc1)c1ccccc1F)NCCc1cnc[nH]1. The van der Waals surface area contributed by atoms with Crippen LogP contribution in [0.15, 0.2) is 67.1 Å². The van der Waals surface area contributed by atoms with E-state index in [0.717, 1.165) is 11.3 Å². The van der Waals surface area contributed by atoms with E-state index in [1.54, 1.807) is 30.7 Å². The summed E-state index contributed by atoms with van der Waals surface area (Å²) in [5.41, 5.74) is 2.43. The largest absolute Gasteiger partial charge is 0.356 e. The summed E-state index contributed by atoms with van der Waals surface area (Å²) in [6.45, 7) is 0.514. The summed E-state index contributed by atoms with van der Waals surface area (Å²) >= 11 is 0. The highest BCUT2D eigenvalue weighted by Crippen LogP contribution is 2.29. The maximum Gasteiger partial charge on any atom is 0.220 e. The van der Waals surface area contributed by atoms with Gasteiger partial charge in [-0.05, 0) is 17.2 Å². The highest BCUT2D eigenvalue weighted by Gasteiger charge is 2.20. The molecule has 5 heteroatoms. The van der Waals surface area contributed by atoms with E-state index in [9.17, 15) is 9.18 Å². The summed E-state index contributed by atoms with van der Waals surface area (Å²) in [6.07, 6.45) is 4.23. The van der Waals surface area contributed by atoms with Crippen LogP contribution in [-0.4, -0.2) is 22.4 Å². The van der Waals surface area contributed by atoms with Gasteiger partial charge in [0.15, 0.2) is 0 Å². The smallest absolute Gasteiger partial charge is 0.220 e. The molecule has 4 nitrogen and oxygen atoms in total. The summed E-state index contributed by atoms with van der Waals surface area (Å²) in [5.74, 6) is -0.701. The molecule has 0 spiro atoms. The van der Waals surface area contributed by atoms with Gasteiger partial charge in [0.2, 0.25) is 5.91 Å². The average molecular weight is 337 g/mol. The lowest BCUT2D eigenvalue weighted by Crippen LogP contribution is -2.27. The van der Waals surface area contributed by atoms with Crippen LogP contribution in [0.25, 0.3) is 0 Å². The maximum absolute atomic E-state index is 14.3. The second-order valence-corrected chi connectivity index (χ2v) is 5.87. The predicted molar refractivity (Wildman–Crippen MR) is 94.6 cm³/mol. The van der Waals surface area contributed by atoms with E-state index in [0.29, 0.717) is 18.5 Å². The van der Waals surface area contributed by atoms with Crippen molar-refractivity contribution in [1.29, 1.82) is 0 Å². The van der Waals surface area contributed by atoms with Gasteiger partial charge in [0.1, 0.15) is 5.82 Å². The van der Waals surface area contributed by atoms with Gasteiger partial charge in [-0.1, -0.05) is 48.5 Å². The van der Waals surface area contributed by atoms with Gasteiger partial charge in [0, 0.05) is 37.2 Å². The molecule has 0 aliphatic rings. The Morgan fingerprint density at radius 2 is 1.88 bits per heavy atom. The molecule has 3 aromatic rings. The fraction of sp³-hybridized carbons (Fsp3) is 0.200. The molecule has 3 rings (SSSR count). The summed E-state index contributed by atoms with van der Waals surface area (Å²) in [4.78, 5) is 19.3. The Balaban J connectivity index is 1.69. The second-order valence-electron chi connectivity index (χ2n) is 5.87. The van der Waals surface area contributed by atoms with Crippen LogP contribution < -0.4 is 5.32 Å². The van der Waals surface area contributed by atoms with E-state index in [2.05, 4.69) is 15.3 Å². The van der Waals surface area contributed by atoms with Gasteiger partial charge in [-0.15, -0.1) is 0 Å². The molecule has 1 aromatic heterocycles. The molecule has 0 radical (unpaired) electrons. The van der Waals surface area contributed by atoms with Crippen molar-refractivity contribution in [3.05, 3.63) is 89.8 Å². The molecule has 0 unspecified atom stereocenters. The Hall–Kier alpha value is -2.95. The number of rotatable bonds is 7. The number of benzene rings is 2. The van der Waals surface area contributed by atoms with Gasteiger partial charge in [0.25, 0.3) is 0 Å². The molecule has 0 aliphatic carbocycles. The number of carbonyl (C=O) groups is 1. The molecule has 1 atom stereocenters. The zero-order valence-corrected chi connectivity index (χ0v) is 13.8. The third-order valence-corrected chi connectivity index (χ3v) is 4.14. The first kappa shape index (κ1) is 16.9. The highest BCUT2D eigenvalue weighted by molar-refractivity contribution is 5.77. The number of hydrogen-bond donors (Lipinski definition) is 2. The maximum atomic E-state index is 14.3. The molecule has 1 amide bonds. The molecular weight excluding hydrogens is 317 g/mol. The number of nitrogens with zero attached hydrogens (tertiary/aromatic N) is 1. The number of nitrogens with one attached hydrogen (secondary N) is 2. The quantitative estimate of drug-likeness (QED) is 0.694. The molecule has 2 N–H and O–H groups in total. The fourth-order valence-corrected chi connectivity index (χ4v) is 2.87. The van der Waals surface area contributed by atoms with Crippen molar-refractivity contribution in [2.45, 2.75) is 18.8 Å². The Morgan fingerprint density at radius 1 is 1.12 bits per heavy atom. The van der Waals surface area contributed by atoms with Gasteiger partial charge >= 0.3 is 0 Å². The third kappa shape index (κ3) is 4.53. The number of carbonyl (C=O) groups excluding carboxylic acids is 1. The van der Waals surface area contributed by atoms with Crippen molar-refractivity contribution in [3.63, 3.8) is 0 Å². The number of amides is 1. The van der Waals surface area contributed by atoms with Crippen LogP contribution in [0.5, 0.6) is 0 Å². The number of imidazole rings is 1. The van der Waals surface area contributed by atoms with E-state index in [-0.39, 0.29) is 24.1 Å². The van der Waals surface area contributed by atoms with Crippen LogP contribution in [0, 0.1) is 5.82 Å². The molecular formula is C20H20FN3O. The Bertz CT molecular complexity index is 803. The second kappa shape index (κ2) is 8.24. The predicted octanol–water partition coefficient (Wildman–Crippen LogP) is 3.43. The number of H-pyrrole nitrogens is 1. The number of halogens is 1. The molecule has 128 valence electrons. The van der Waals surface area contributed by atoms with E-state index < -0.39 is 0 Å². The summed E-state index contributed by atoms with van der Waals surface area (Å²) in [5, 5.41) is 2.90. The number of hydrogen-bond acceptors (Lipinski definition) is 2. The van der Waals surface area contributed by atoms with E-state index in [1.165, 1.54) is 6.07 Å². The van der Waals surface area contributed by atoms with Crippen LogP contribution in [0.3, 0.4) is 0 Å². The van der Waals surface area contributed by atoms with Gasteiger partial charge in [-0.3, -0.25) is 4.79 Å². The van der Waals surface area contributed by atoms with Crippen molar-refractivity contribution in [3.8, 4) is 0 Å². The van der Waals surface area contributed by atoms with Crippen LogP contribution in [0.2, 0.25) is 0 Å². The topological polar surface area (TPSA) is 57.8 Å². The Kier molecular flexibility index (Phi) is 5.57. The molecule has 0 aliphatic heterocycles. The van der Waals surface area contributed by atoms with E-state index >= 15 is 0 Å². The van der Waals surface area contributed by atoms with Crippen molar-refractivity contribution in [2.24, 2.45) is 0 Å². The Morgan fingerprint density at radius 3 is 2.60 bits per heavy atom. The van der Waals surface area contributed by atoms with E-state index in [4.69, 9.17) is 0 Å². The summed E-state index contributed by atoms with van der Waals surface area (Å²) in [6, 6.07) is 16.2. The van der Waals surface area contributed by atoms with Crippen LogP contribution in [0.4, 0.5) is 4.39 Å².